The Morgan fingerprint density at radius 1 is 1.12 bits per heavy atom. The van der Waals surface area contributed by atoms with Crippen molar-refractivity contribution in [2.45, 2.75) is 32.3 Å². The highest BCUT2D eigenvalue weighted by Gasteiger charge is 2.18. The molecule has 1 heterocycles. The van der Waals surface area contributed by atoms with Crippen molar-refractivity contribution in [3.8, 4) is 5.75 Å². The molecule has 132 valence electrons. The Kier molecular flexibility index (Phi) is 4.48. The van der Waals surface area contributed by atoms with Gasteiger partial charge in [0.1, 0.15) is 11.6 Å². The summed E-state index contributed by atoms with van der Waals surface area (Å²) in [7, 11) is 2.87. The highest BCUT2D eigenvalue weighted by molar-refractivity contribution is 5.93. The lowest BCUT2D eigenvalue weighted by molar-refractivity contribution is -0.122. The first-order valence-electron chi connectivity index (χ1n) is 8.23. The van der Waals surface area contributed by atoms with Gasteiger partial charge in [-0.25, -0.2) is 4.79 Å². The number of ether oxygens (including phenoxy) is 1. The number of carbonyl (C=O) groups excluding carboxylic acids is 1. The minimum Gasteiger partial charge on any atom is -0.481 e. The predicted octanol–water partition coefficient (Wildman–Crippen LogP) is 0.979. The van der Waals surface area contributed by atoms with Crippen molar-refractivity contribution in [3.05, 3.63) is 56.2 Å². The third kappa shape index (κ3) is 3.35. The van der Waals surface area contributed by atoms with E-state index in [1.807, 2.05) is 18.2 Å². The molecule has 7 heteroatoms. The lowest BCUT2D eigenvalue weighted by atomic mass is 10.1. The van der Waals surface area contributed by atoms with E-state index in [2.05, 4.69) is 5.32 Å². The molecule has 7 nitrogen and oxygen atoms in total. The Balaban J connectivity index is 1.73. The fraction of sp³-hybridized carbons (Fsp3) is 0.389. The first-order valence-corrected chi connectivity index (χ1v) is 8.23. The molecule has 0 fully saturated rings. The Bertz CT molecular complexity index is 942. The number of nitrogens with zero attached hydrogens (tertiary/aromatic N) is 2. The van der Waals surface area contributed by atoms with Gasteiger partial charge in [-0.15, -0.1) is 0 Å². The van der Waals surface area contributed by atoms with Crippen LogP contribution in [-0.2, 0) is 31.7 Å². The minimum absolute atomic E-state index is 0.141. The summed E-state index contributed by atoms with van der Waals surface area (Å²) < 4.78 is 7.90. The Morgan fingerprint density at radius 2 is 1.84 bits per heavy atom. The first-order chi connectivity index (χ1) is 11.9. The van der Waals surface area contributed by atoms with Gasteiger partial charge in [0, 0.05) is 20.2 Å². The summed E-state index contributed by atoms with van der Waals surface area (Å²) in [6.07, 6.45) is 2.50. The second-order valence-electron chi connectivity index (χ2n) is 6.30. The molecule has 1 aliphatic rings. The van der Waals surface area contributed by atoms with Crippen LogP contribution in [0.4, 0.5) is 5.82 Å². The van der Waals surface area contributed by atoms with Gasteiger partial charge >= 0.3 is 5.69 Å². The highest BCUT2D eigenvalue weighted by atomic mass is 16.5. The van der Waals surface area contributed by atoms with Crippen molar-refractivity contribution < 1.29 is 9.53 Å². The van der Waals surface area contributed by atoms with E-state index in [9.17, 15) is 14.4 Å². The standard InChI is InChI=1S/C18H21N3O4/c1-11(25-14-8-7-12-5-4-6-13(12)9-14)17(23)19-15-10-16(22)21(3)18(24)20(15)2/h7-11H,4-6H2,1-3H3,(H,19,23)/t11-/m0/s1. The number of carbonyl (C=O) groups is 1. The monoisotopic (exact) mass is 343 g/mol. The number of hydrogen-bond acceptors (Lipinski definition) is 4. The zero-order valence-electron chi connectivity index (χ0n) is 14.5. The average Bonchev–Trinajstić information content (AvgIpc) is 3.05. The largest absolute Gasteiger partial charge is 0.481 e. The highest BCUT2D eigenvalue weighted by Crippen LogP contribution is 2.26. The number of rotatable bonds is 4. The van der Waals surface area contributed by atoms with Crippen LogP contribution in [0, 0.1) is 0 Å². The molecule has 1 atom stereocenters. The van der Waals surface area contributed by atoms with Crippen LogP contribution in [0.1, 0.15) is 24.5 Å². The molecule has 1 aliphatic carbocycles. The maximum Gasteiger partial charge on any atom is 0.332 e. The summed E-state index contributed by atoms with van der Waals surface area (Å²) in [4.78, 5) is 36.0. The summed E-state index contributed by atoms with van der Waals surface area (Å²) in [6.45, 7) is 1.63. The van der Waals surface area contributed by atoms with Crippen molar-refractivity contribution in [1.82, 2.24) is 9.13 Å². The normalized spacial score (nSPS) is 14.0. The molecule has 0 saturated heterocycles. The SMILES string of the molecule is C[C@H](Oc1ccc2c(c1)CCC2)C(=O)Nc1cc(=O)n(C)c(=O)n1C. The van der Waals surface area contributed by atoms with Crippen LogP contribution in [0.2, 0.25) is 0 Å². The van der Waals surface area contributed by atoms with Crippen LogP contribution >= 0.6 is 0 Å². The summed E-state index contributed by atoms with van der Waals surface area (Å²) in [5.74, 6) is 0.354. The van der Waals surface area contributed by atoms with E-state index in [0.717, 1.165) is 23.8 Å². The molecule has 1 N–H and O–H groups in total. The molecule has 0 radical (unpaired) electrons. The van der Waals surface area contributed by atoms with Crippen LogP contribution in [-0.4, -0.2) is 21.1 Å². The van der Waals surface area contributed by atoms with Crippen LogP contribution in [0.5, 0.6) is 5.75 Å². The average molecular weight is 343 g/mol. The van der Waals surface area contributed by atoms with Gasteiger partial charge in [-0.2, -0.15) is 0 Å². The number of amides is 1. The number of hydrogen-bond donors (Lipinski definition) is 1. The third-order valence-corrected chi connectivity index (χ3v) is 4.53. The zero-order valence-corrected chi connectivity index (χ0v) is 14.5. The van der Waals surface area contributed by atoms with Crippen LogP contribution < -0.4 is 21.3 Å². The summed E-state index contributed by atoms with van der Waals surface area (Å²) in [6, 6.07) is 7.08. The summed E-state index contributed by atoms with van der Waals surface area (Å²) in [5, 5.41) is 2.58. The van der Waals surface area contributed by atoms with Crippen LogP contribution in [0.25, 0.3) is 0 Å². The van der Waals surface area contributed by atoms with Gasteiger partial charge in [0.2, 0.25) is 0 Å². The van der Waals surface area contributed by atoms with Gasteiger partial charge in [0.05, 0.1) is 0 Å². The number of fused-ring (bicyclic) bond motifs is 1. The van der Waals surface area contributed by atoms with Crippen molar-refractivity contribution >= 4 is 11.7 Å². The molecule has 1 amide bonds. The van der Waals surface area contributed by atoms with Gasteiger partial charge in [-0.1, -0.05) is 6.07 Å². The summed E-state index contributed by atoms with van der Waals surface area (Å²) in [5.41, 5.74) is 1.61. The summed E-state index contributed by atoms with van der Waals surface area (Å²) >= 11 is 0. The van der Waals surface area contributed by atoms with Gasteiger partial charge in [0.25, 0.3) is 11.5 Å². The van der Waals surface area contributed by atoms with E-state index in [0.29, 0.717) is 5.75 Å². The van der Waals surface area contributed by atoms with Crippen LogP contribution in [0.3, 0.4) is 0 Å². The molecule has 1 aromatic heterocycles. The van der Waals surface area contributed by atoms with E-state index >= 15 is 0 Å². The number of benzene rings is 1. The van der Waals surface area contributed by atoms with E-state index in [1.165, 1.54) is 35.9 Å². The number of aromatic nitrogens is 2. The first kappa shape index (κ1) is 17.0. The second-order valence-corrected chi connectivity index (χ2v) is 6.30. The van der Waals surface area contributed by atoms with Crippen molar-refractivity contribution in [2.75, 3.05) is 5.32 Å². The smallest absolute Gasteiger partial charge is 0.332 e. The number of anilines is 1. The zero-order chi connectivity index (χ0) is 18.1. The molecule has 0 aliphatic heterocycles. The lowest BCUT2D eigenvalue weighted by Gasteiger charge is -2.17. The lowest BCUT2D eigenvalue weighted by Crippen LogP contribution is -2.39. The molecular weight excluding hydrogens is 322 g/mol. The molecule has 2 aromatic rings. The molecule has 1 aromatic carbocycles. The predicted molar refractivity (Wildman–Crippen MR) is 94.1 cm³/mol. The maximum absolute atomic E-state index is 12.3. The molecule has 0 saturated carbocycles. The van der Waals surface area contributed by atoms with Crippen molar-refractivity contribution in [1.29, 1.82) is 0 Å². The quantitative estimate of drug-likeness (QED) is 0.897. The minimum atomic E-state index is -0.765. The number of aryl methyl sites for hydroxylation is 2. The van der Waals surface area contributed by atoms with Gasteiger partial charge in [0.15, 0.2) is 6.10 Å². The molecule has 3 rings (SSSR count). The van der Waals surface area contributed by atoms with Gasteiger partial charge in [-0.05, 0) is 49.4 Å². The molecule has 0 bridgehead atoms. The van der Waals surface area contributed by atoms with E-state index in [-0.39, 0.29) is 5.82 Å². The van der Waals surface area contributed by atoms with E-state index < -0.39 is 23.3 Å². The molecule has 0 unspecified atom stereocenters. The fourth-order valence-electron chi connectivity index (χ4n) is 2.96. The van der Waals surface area contributed by atoms with Gasteiger partial charge < -0.3 is 10.1 Å². The molecular formula is C18H21N3O4. The Hall–Kier alpha value is -2.83. The Labute approximate surface area is 144 Å². The van der Waals surface area contributed by atoms with E-state index in [1.54, 1.807) is 6.92 Å². The van der Waals surface area contributed by atoms with Crippen LogP contribution in [0.15, 0.2) is 33.9 Å². The molecule has 25 heavy (non-hydrogen) atoms. The third-order valence-electron chi connectivity index (χ3n) is 4.53. The number of nitrogens with one attached hydrogen (secondary N) is 1. The van der Waals surface area contributed by atoms with E-state index in [4.69, 9.17) is 4.74 Å². The fourth-order valence-corrected chi connectivity index (χ4v) is 2.96. The maximum atomic E-state index is 12.3. The van der Waals surface area contributed by atoms with Gasteiger partial charge in [-0.3, -0.25) is 18.7 Å². The topological polar surface area (TPSA) is 82.3 Å². The van der Waals surface area contributed by atoms with Crippen molar-refractivity contribution in [3.63, 3.8) is 0 Å². The Morgan fingerprint density at radius 3 is 2.60 bits per heavy atom. The van der Waals surface area contributed by atoms with Crippen molar-refractivity contribution in [2.24, 2.45) is 14.1 Å². The second kappa shape index (κ2) is 6.58. The molecule has 0 spiro atoms.